The Hall–Kier alpha value is -1.19. The van der Waals surface area contributed by atoms with E-state index in [1.807, 2.05) is 0 Å². The highest BCUT2D eigenvalue weighted by Gasteiger charge is 2.38. The number of benzene rings is 1. The SMILES string of the molecule is Cc1csc(CC2(N)CCCCC2c2ccccc2)n1. The fourth-order valence-corrected chi connectivity index (χ4v) is 4.33. The van der Waals surface area contributed by atoms with Gasteiger partial charge in [0.1, 0.15) is 0 Å². The summed E-state index contributed by atoms with van der Waals surface area (Å²) in [4.78, 5) is 4.62. The Balaban J connectivity index is 1.87. The summed E-state index contributed by atoms with van der Waals surface area (Å²) >= 11 is 1.75. The standard InChI is InChI=1S/C17H22N2S/c1-13-12-20-16(19-13)11-17(18)10-6-5-9-15(17)14-7-3-2-4-8-14/h2-4,7-8,12,15H,5-6,9-11,18H2,1H3. The first-order valence-electron chi connectivity index (χ1n) is 7.42. The normalized spacial score (nSPS) is 26.6. The molecule has 0 amide bonds. The van der Waals surface area contributed by atoms with Crippen LogP contribution < -0.4 is 5.73 Å². The lowest BCUT2D eigenvalue weighted by atomic mass is 9.68. The van der Waals surface area contributed by atoms with E-state index in [0.717, 1.165) is 18.5 Å². The van der Waals surface area contributed by atoms with Crippen LogP contribution in [0.2, 0.25) is 0 Å². The topological polar surface area (TPSA) is 38.9 Å². The van der Waals surface area contributed by atoms with Crippen molar-refractivity contribution in [2.75, 3.05) is 0 Å². The highest BCUT2D eigenvalue weighted by molar-refractivity contribution is 7.09. The fraction of sp³-hybridized carbons (Fsp3) is 0.471. The van der Waals surface area contributed by atoms with Crippen LogP contribution in [0.5, 0.6) is 0 Å². The summed E-state index contributed by atoms with van der Waals surface area (Å²) in [7, 11) is 0. The molecule has 1 aromatic heterocycles. The lowest BCUT2D eigenvalue weighted by Gasteiger charge is -2.41. The van der Waals surface area contributed by atoms with Gasteiger partial charge in [-0.3, -0.25) is 0 Å². The van der Waals surface area contributed by atoms with E-state index in [-0.39, 0.29) is 5.54 Å². The highest BCUT2D eigenvalue weighted by Crippen LogP contribution is 2.41. The third kappa shape index (κ3) is 2.79. The lowest BCUT2D eigenvalue weighted by molar-refractivity contribution is 0.249. The number of thiazole rings is 1. The Labute approximate surface area is 125 Å². The molecule has 1 aliphatic rings. The maximum Gasteiger partial charge on any atom is 0.0946 e. The fourth-order valence-electron chi connectivity index (χ4n) is 3.43. The van der Waals surface area contributed by atoms with Gasteiger partial charge >= 0.3 is 0 Å². The minimum absolute atomic E-state index is 0.135. The van der Waals surface area contributed by atoms with E-state index in [1.165, 1.54) is 29.8 Å². The Morgan fingerprint density at radius 2 is 2.10 bits per heavy atom. The molecule has 0 aliphatic heterocycles. The van der Waals surface area contributed by atoms with E-state index < -0.39 is 0 Å². The summed E-state index contributed by atoms with van der Waals surface area (Å²) in [5.74, 6) is 0.460. The van der Waals surface area contributed by atoms with Crippen LogP contribution in [0.4, 0.5) is 0 Å². The van der Waals surface area contributed by atoms with E-state index in [0.29, 0.717) is 5.92 Å². The summed E-state index contributed by atoms with van der Waals surface area (Å²) in [6, 6.07) is 10.8. The van der Waals surface area contributed by atoms with Crippen molar-refractivity contribution in [1.82, 2.24) is 4.98 Å². The summed E-state index contributed by atoms with van der Waals surface area (Å²) in [6.45, 7) is 2.05. The molecule has 2 aromatic rings. The molecule has 20 heavy (non-hydrogen) atoms. The van der Waals surface area contributed by atoms with Crippen molar-refractivity contribution in [3.63, 3.8) is 0 Å². The number of aromatic nitrogens is 1. The first-order valence-corrected chi connectivity index (χ1v) is 8.30. The molecule has 3 heteroatoms. The third-order valence-electron chi connectivity index (χ3n) is 4.43. The Morgan fingerprint density at radius 1 is 1.30 bits per heavy atom. The first kappa shape index (κ1) is 13.8. The predicted octanol–water partition coefficient (Wildman–Crippen LogP) is 4.05. The van der Waals surface area contributed by atoms with Gasteiger partial charge in [-0.1, -0.05) is 43.2 Å². The van der Waals surface area contributed by atoms with E-state index in [1.54, 1.807) is 11.3 Å². The average Bonchev–Trinajstić information content (AvgIpc) is 2.85. The van der Waals surface area contributed by atoms with Crippen LogP contribution in [0.3, 0.4) is 0 Å². The van der Waals surface area contributed by atoms with E-state index >= 15 is 0 Å². The maximum atomic E-state index is 6.84. The minimum Gasteiger partial charge on any atom is -0.324 e. The molecule has 3 rings (SSSR count). The number of rotatable bonds is 3. The molecule has 1 aliphatic carbocycles. The molecule has 0 bridgehead atoms. The number of hydrogen-bond acceptors (Lipinski definition) is 3. The largest absolute Gasteiger partial charge is 0.324 e. The van der Waals surface area contributed by atoms with E-state index in [9.17, 15) is 0 Å². The van der Waals surface area contributed by atoms with Gasteiger partial charge in [0.05, 0.1) is 5.01 Å². The van der Waals surface area contributed by atoms with Crippen LogP contribution in [-0.2, 0) is 6.42 Å². The molecule has 2 unspecified atom stereocenters. The third-order valence-corrected chi connectivity index (χ3v) is 5.39. The molecule has 2 atom stereocenters. The van der Waals surface area contributed by atoms with Crippen LogP contribution in [0.1, 0.15) is 47.9 Å². The summed E-state index contributed by atoms with van der Waals surface area (Å²) in [5, 5.41) is 3.31. The van der Waals surface area contributed by atoms with Crippen molar-refractivity contribution in [3.8, 4) is 0 Å². The molecule has 1 saturated carbocycles. The second-order valence-corrected chi connectivity index (χ2v) is 6.94. The molecule has 1 fully saturated rings. The molecule has 0 spiro atoms. The summed E-state index contributed by atoms with van der Waals surface area (Å²) < 4.78 is 0. The van der Waals surface area contributed by atoms with Crippen LogP contribution in [0.25, 0.3) is 0 Å². The molecule has 0 saturated heterocycles. The lowest BCUT2D eigenvalue weighted by Crippen LogP contribution is -2.49. The molecular formula is C17H22N2S. The van der Waals surface area contributed by atoms with Crippen molar-refractivity contribution in [1.29, 1.82) is 0 Å². The predicted molar refractivity (Wildman–Crippen MR) is 85.1 cm³/mol. The van der Waals surface area contributed by atoms with Crippen molar-refractivity contribution in [2.24, 2.45) is 5.73 Å². The molecule has 1 aromatic carbocycles. The molecular weight excluding hydrogens is 264 g/mol. The Bertz CT molecular complexity index is 563. The van der Waals surface area contributed by atoms with Gasteiger partial charge in [0.25, 0.3) is 0 Å². The molecule has 106 valence electrons. The molecule has 2 N–H and O–H groups in total. The first-order chi connectivity index (χ1) is 9.67. The van der Waals surface area contributed by atoms with Crippen molar-refractivity contribution >= 4 is 11.3 Å². The number of aryl methyl sites for hydroxylation is 1. The van der Waals surface area contributed by atoms with Gasteiger partial charge in [-0.2, -0.15) is 0 Å². The molecule has 1 heterocycles. The second-order valence-electron chi connectivity index (χ2n) is 6.00. The van der Waals surface area contributed by atoms with Gasteiger partial charge in [0.15, 0.2) is 0 Å². The van der Waals surface area contributed by atoms with Crippen LogP contribution in [0, 0.1) is 6.92 Å². The number of hydrogen-bond donors (Lipinski definition) is 1. The highest BCUT2D eigenvalue weighted by atomic mass is 32.1. The summed E-state index contributed by atoms with van der Waals surface area (Å²) in [6.07, 6.45) is 5.74. The van der Waals surface area contributed by atoms with Gasteiger partial charge in [-0.05, 0) is 25.3 Å². The Morgan fingerprint density at radius 3 is 2.80 bits per heavy atom. The Kier molecular flexibility index (Phi) is 3.90. The molecule has 0 radical (unpaired) electrons. The van der Waals surface area contributed by atoms with Gasteiger partial charge in [0, 0.05) is 29.0 Å². The van der Waals surface area contributed by atoms with Crippen LogP contribution in [-0.4, -0.2) is 10.5 Å². The van der Waals surface area contributed by atoms with Gasteiger partial charge in [-0.25, -0.2) is 4.98 Å². The van der Waals surface area contributed by atoms with Gasteiger partial charge in [-0.15, -0.1) is 11.3 Å². The number of nitrogens with two attached hydrogens (primary N) is 1. The zero-order valence-electron chi connectivity index (χ0n) is 12.0. The average molecular weight is 286 g/mol. The zero-order valence-corrected chi connectivity index (χ0v) is 12.8. The molecule has 2 nitrogen and oxygen atoms in total. The zero-order chi connectivity index (χ0) is 14.0. The van der Waals surface area contributed by atoms with Crippen LogP contribution >= 0.6 is 11.3 Å². The van der Waals surface area contributed by atoms with Gasteiger partial charge in [0.2, 0.25) is 0 Å². The summed E-state index contributed by atoms with van der Waals surface area (Å²) in [5.41, 5.74) is 9.21. The van der Waals surface area contributed by atoms with E-state index in [2.05, 4.69) is 47.6 Å². The maximum absolute atomic E-state index is 6.84. The second kappa shape index (κ2) is 5.66. The quantitative estimate of drug-likeness (QED) is 0.924. The van der Waals surface area contributed by atoms with Crippen LogP contribution in [0.15, 0.2) is 35.7 Å². The smallest absolute Gasteiger partial charge is 0.0946 e. The number of nitrogens with zero attached hydrogens (tertiary/aromatic N) is 1. The van der Waals surface area contributed by atoms with Crippen molar-refractivity contribution in [2.45, 2.75) is 50.5 Å². The van der Waals surface area contributed by atoms with E-state index in [4.69, 9.17) is 5.73 Å². The minimum atomic E-state index is -0.135. The monoisotopic (exact) mass is 286 g/mol. The van der Waals surface area contributed by atoms with Crippen molar-refractivity contribution < 1.29 is 0 Å². The van der Waals surface area contributed by atoms with Crippen molar-refractivity contribution in [3.05, 3.63) is 52.0 Å². The van der Waals surface area contributed by atoms with Gasteiger partial charge < -0.3 is 5.73 Å².